The van der Waals surface area contributed by atoms with Crippen LogP contribution >= 0.6 is 0 Å². The van der Waals surface area contributed by atoms with Crippen LogP contribution in [0.2, 0.25) is 0 Å². The number of nitrogens with zero attached hydrogens (tertiary/aromatic N) is 2. The number of non-ortho nitro benzene ring substituents is 1. The maximum Gasteiger partial charge on any atom is 0.270 e. The summed E-state index contributed by atoms with van der Waals surface area (Å²) in [5, 5.41) is 30.2. The molecule has 21 heavy (non-hydrogen) atoms. The summed E-state index contributed by atoms with van der Waals surface area (Å²) >= 11 is 0. The fourth-order valence-electron chi connectivity index (χ4n) is 1.79. The van der Waals surface area contributed by atoms with E-state index in [2.05, 4.69) is 4.99 Å². The van der Waals surface area contributed by atoms with Crippen molar-refractivity contribution in [1.82, 2.24) is 0 Å². The zero-order valence-corrected chi connectivity index (χ0v) is 11.6. The molecule has 2 aromatic carbocycles. The predicted octanol–water partition coefficient (Wildman–Crippen LogP) is 3.37. The first-order valence-corrected chi connectivity index (χ1v) is 6.20. The van der Waals surface area contributed by atoms with E-state index in [1.54, 1.807) is 12.1 Å². The van der Waals surface area contributed by atoms with E-state index in [1.165, 1.54) is 24.4 Å². The highest BCUT2D eigenvalue weighted by molar-refractivity contribution is 5.87. The van der Waals surface area contributed by atoms with Crippen molar-refractivity contribution in [2.75, 3.05) is 0 Å². The second-order valence-electron chi connectivity index (χ2n) is 4.68. The van der Waals surface area contributed by atoms with Crippen molar-refractivity contribution in [2.24, 2.45) is 4.99 Å². The molecular formula is C15H14N2O4. The summed E-state index contributed by atoms with van der Waals surface area (Å²) in [5.41, 5.74) is 2.30. The van der Waals surface area contributed by atoms with Crippen molar-refractivity contribution >= 4 is 17.6 Å². The van der Waals surface area contributed by atoms with Gasteiger partial charge in [0, 0.05) is 23.9 Å². The average Bonchev–Trinajstić information content (AvgIpc) is 2.42. The molecule has 0 fully saturated rings. The first kappa shape index (κ1) is 14.5. The molecule has 0 saturated carbocycles. The highest BCUT2D eigenvalue weighted by Gasteiger charge is 2.09. The quantitative estimate of drug-likeness (QED) is 0.513. The summed E-state index contributed by atoms with van der Waals surface area (Å²) in [4.78, 5) is 14.2. The number of nitro benzene ring substituents is 1. The van der Waals surface area contributed by atoms with Gasteiger partial charge in [-0.3, -0.25) is 15.1 Å². The summed E-state index contributed by atoms with van der Waals surface area (Å²) in [6.07, 6.45) is 1.28. The van der Waals surface area contributed by atoms with E-state index >= 15 is 0 Å². The van der Waals surface area contributed by atoms with Crippen LogP contribution in [0.3, 0.4) is 0 Å². The maximum absolute atomic E-state index is 10.7. The monoisotopic (exact) mass is 286 g/mol. The summed E-state index contributed by atoms with van der Waals surface area (Å²) in [5.74, 6) is -0.105. The van der Waals surface area contributed by atoms with Gasteiger partial charge < -0.3 is 10.2 Å². The van der Waals surface area contributed by atoms with Crippen LogP contribution in [0.25, 0.3) is 0 Å². The Kier molecular flexibility index (Phi) is 3.89. The molecule has 6 heteroatoms. The second-order valence-corrected chi connectivity index (χ2v) is 4.68. The molecule has 0 spiro atoms. The van der Waals surface area contributed by atoms with Crippen LogP contribution in [-0.2, 0) is 0 Å². The van der Waals surface area contributed by atoms with Gasteiger partial charge in [-0.2, -0.15) is 0 Å². The molecule has 108 valence electrons. The van der Waals surface area contributed by atoms with E-state index in [-0.39, 0.29) is 22.7 Å². The SMILES string of the molecule is Cc1cc(O)c(N=Cc2cc([N+](=O)[O-])ccc2O)cc1C. The Hall–Kier alpha value is -2.89. The lowest BCUT2D eigenvalue weighted by atomic mass is 10.1. The molecule has 2 N–H and O–H groups in total. The Morgan fingerprint density at radius 1 is 1.10 bits per heavy atom. The van der Waals surface area contributed by atoms with E-state index in [0.717, 1.165) is 11.1 Å². The number of nitro groups is 1. The Morgan fingerprint density at radius 3 is 2.43 bits per heavy atom. The minimum atomic E-state index is -0.551. The van der Waals surface area contributed by atoms with Gasteiger partial charge in [0.15, 0.2) is 0 Å². The van der Waals surface area contributed by atoms with Gasteiger partial charge >= 0.3 is 0 Å². The molecule has 6 nitrogen and oxygen atoms in total. The van der Waals surface area contributed by atoms with Crippen molar-refractivity contribution in [3.63, 3.8) is 0 Å². The second kappa shape index (κ2) is 5.62. The molecule has 0 aliphatic carbocycles. The van der Waals surface area contributed by atoms with E-state index in [1.807, 2.05) is 13.8 Å². The number of hydrogen-bond donors (Lipinski definition) is 2. The molecule has 0 radical (unpaired) electrons. The topological polar surface area (TPSA) is 96.0 Å². The Labute approximate surface area is 121 Å². The minimum absolute atomic E-state index is 0.0132. The number of rotatable bonds is 3. The third kappa shape index (κ3) is 3.17. The normalized spacial score (nSPS) is 11.0. The molecule has 0 aliphatic rings. The van der Waals surface area contributed by atoms with Gasteiger partial charge in [-0.25, -0.2) is 0 Å². The van der Waals surface area contributed by atoms with Gasteiger partial charge in [-0.05, 0) is 43.2 Å². The van der Waals surface area contributed by atoms with Crippen LogP contribution in [0.1, 0.15) is 16.7 Å². The summed E-state index contributed by atoms with van der Waals surface area (Å²) in [7, 11) is 0. The van der Waals surface area contributed by atoms with Crippen molar-refractivity contribution < 1.29 is 15.1 Å². The lowest BCUT2D eigenvalue weighted by Crippen LogP contribution is -1.90. The Bertz CT molecular complexity index is 739. The molecule has 0 bridgehead atoms. The fourth-order valence-corrected chi connectivity index (χ4v) is 1.79. The Morgan fingerprint density at radius 2 is 1.76 bits per heavy atom. The molecule has 2 rings (SSSR count). The lowest BCUT2D eigenvalue weighted by Gasteiger charge is -2.04. The van der Waals surface area contributed by atoms with Gasteiger partial charge in [0.2, 0.25) is 0 Å². The lowest BCUT2D eigenvalue weighted by molar-refractivity contribution is -0.384. The van der Waals surface area contributed by atoms with E-state index in [4.69, 9.17) is 0 Å². The van der Waals surface area contributed by atoms with Crippen LogP contribution in [0.15, 0.2) is 35.3 Å². The highest BCUT2D eigenvalue weighted by atomic mass is 16.6. The van der Waals surface area contributed by atoms with E-state index in [0.29, 0.717) is 5.69 Å². The molecule has 0 aromatic heterocycles. The van der Waals surface area contributed by atoms with Crippen molar-refractivity contribution in [2.45, 2.75) is 13.8 Å². The summed E-state index contributed by atoms with van der Waals surface area (Å²) in [6, 6.07) is 6.96. The van der Waals surface area contributed by atoms with Crippen LogP contribution in [0.4, 0.5) is 11.4 Å². The third-order valence-corrected chi connectivity index (χ3v) is 3.16. The molecule has 0 aliphatic heterocycles. The number of aryl methyl sites for hydroxylation is 2. The number of aromatic hydroxyl groups is 2. The number of aliphatic imine (C=N–C) groups is 1. The smallest absolute Gasteiger partial charge is 0.270 e. The number of phenols is 2. The maximum atomic E-state index is 10.7. The van der Waals surface area contributed by atoms with E-state index in [9.17, 15) is 20.3 Å². The molecule has 0 saturated heterocycles. The first-order chi connectivity index (χ1) is 9.88. The summed E-state index contributed by atoms with van der Waals surface area (Å²) < 4.78 is 0. The van der Waals surface area contributed by atoms with Crippen LogP contribution < -0.4 is 0 Å². The van der Waals surface area contributed by atoms with Gasteiger partial charge in [0.1, 0.15) is 17.2 Å². The molecule has 2 aromatic rings. The van der Waals surface area contributed by atoms with Crippen LogP contribution in [0.5, 0.6) is 11.5 Å². The number of hydrogen-bond acceptors (Lipinski definition) is 5. The standard InChI is InChI=1S/C15H14N2O4/c1-9-5-13(15(19)6-10(9)2)16-8-11-7-12(17(20)21)3-4-14(11)18/h3-8,18-19H,1-2H3. The average molecular weight is 286 g/mol. The molecule has 0 unspecified atom stereocenters. The Balaban J connectivity index is 2.40. The van der Waals surface area contributed by atoms with Crippen molar-refractivity contribution in [3.8, 4) is 11.5 Å². The first-order valence-electron chi connectivity index (χ1n) is 6.20. The van der Waals surface area contributed by atoms with Gasteiger partial charge in [0.25, 0.3) is 5.69 Å². The van der Waals surface area contributed by atoms with E-state index < -0.39 is 4.92 Å². The van der Waals surface area contributed by atoms with Crippen LogP contribution in [-0.4, -0.2) is 21.4 Å². The van der Waals surface area contributed by atoms with Crippen molar-refractivity contribution in [3.05, 3.63) is 57.1 Å². The van der Waals surface area contributed by atoms with Gasteiger partial charge in [-0.1, -0.05) is 0 Å². The zero-order valence-electron chi connectivity index (χ0n) is 11.6. The van der Waals surface area contributed by atoms with Crippen molar-refractivity contribution in [1.29, 1.82) is 0 Å². The molecule has 0 heterocycles. The molecule has 0 atom stereocenters. The van der Waals surface area contributed by atoms with Gasteiger partial charge in [0.05, 0.1) is 4.92 Å². The largest absolute Gasteiger partial charge is 0.507 e. The molecule has 0 amide bonds. The highest BCUT2D eigenvalue weighted by Crippen LogP contribution is 2.30. The third-order valence-electron chi connectivity index (χ3n) is 3.16. The number of benzene rings is 2. The summed E-state index contributed by atoms with van der Waals surface area (Å²) in [6.45, 7) is 3.76. The fraction of sp³-hybridized carbons (Fsp3) is 0.133. The van der Waals surface area contributed by atoms with Gasteiger partial charge in [-0.15, -0.1) is 0 Å². The molecular weight excluding hydrogens is 272 g/mol. The van der Waals surface area contributed by atoms with Crippen LogP contribution in [0, 0.1) is 24.0 Å². The zero-order chi connectivity index (χ0) is 15.6. The predicted molar refractivity (Wildman–Crippen MR) is 79.6 cm³/mol. The number of phenolic OH excluding ortho intramolecular Hbond substituents is 2. The minimum Gasteiger partial charge on any atom is -0.507 e.